The van der Waals surface area contributed by atoms with Gasteiger partial charge in [-0.1, -0.05) is 27.2 Å². The van der Waals surface area contributed by atoms with Gasteiger partial charge in [0, 0.05) is 12.0 Å². The van der Waals surface area contributed by atoms with Crippen LogP contribution in [0.1, 0.15) is 59.8 Å². The molecule has 0 aliphatic heterocycles. The predicted molar refractivity (Wildman–Crippen MR) is 114 cm³/mol. The fourth-order valence-electron chi connectivity index (χ4n) is 6.27. The van der Waals surface area contributed by atoms with Crippen LogP contribution in [0.3, 0.4) is 0 Å². The Morgan fingerprint density at radius 1 is 1.00 bits per heavy atom. The monoisotopic (exact) mass is 424 g/mol. The van der Waals surface area contributed by atoms with Gasteiger partial charge < -0.3 is 14.6 Å². The van der Waals surface area contributed by atoms with E-state index in [2.05, 4.69) is 20.8 Å². The van der Waals surface area contributed by atoms with E-state index in [1.165, 1.54) is 14.2 Å². The summed E-state index contributed by atoms with van der Waals surface area (Å²) >= 11 is 0. The SMILES string of the molecule is COc1cc(OC)cc(S(=O)(=O)C[C@@H]2[C@@]3(C)CCCC(C)(C)C3CC[C@@]2(C)O)c1. The average Bonchev–Trinajstić information content (AvgIpc) is 2.63. The molecule has 0 heterocycles. The van der Waals surface area contributed by atoms with Crippen molar-refractivity contribution in [1.82, 2.24) is 0 Å². The van der Waals surface area contributed by atoms with Crippen molar-refractivity contribution in [3.63, 3.8) is 0 Å². The summed E-state index contributed by atoms with van der Waals surface area (Å²) in [6.45, 7) is 8.63. The van der Waals surface area contributed by atoms with Crippen LogP contribution < -0.4 is 9.47 Å². The second-order valence-corrected chi connectivity index (χ2v) is 12.2. The second kappa shape index (κ2) is 7.45. The van der Waals surface area contributed by atoms with Crippen molar-refractivity contribution in [2.75, 3.05) is 20.0 Å². The van der Waals surface area contributed by atoms with Gasteiger partial charge in [0.1, 0.15) is 11.5 Å². The molecule has 6 heteroatoms. The molecule has 164 valence electrons. The number of hydrogen-bond acceptors (Lipinski definition) is 5. The first kappa shape index (κ1) is 22.4. The summed E-state index contributed by atoms with van der Waals surface area (Å²) in [7, 11) is -0.629. The van der Waals surface area contributed by atoms with Crippen molar-refractivity contribution in [2.45, 2.75) is 70.3 Å². The first-order chi connectivity index (χ1) is 13.4. The van der Waals surface area contributed by atoms with Crippen molar-refractivity contribution in [1.29, 1.82) is 0 Å². The van der Waals surface area contributed by atoms with Gasteiger partial charge in [0.05, 0.1) is 30.5 Å². The molecule has 0 amide bonds. The zero-order valence-corrected chi connectivity index (χ0v) is 19.4. The molecule has 5 nitrogen and oxygen atoms in total. The molecule has 0 radical (unpaired) electrons. The molecule has 2 aliphatic rings. The highest BCUT2D eigenvalue weighted by molar-refractivity contribution is 7.91. The van der Waals surface area contributed by atoms with E-state index in [1.807, 2.05) is 6.92 Å². The van der Waals surface area contributed by atoms with Gasteiger partial charge in [-0.2, -0.15) is 0 Å². The molecule has 0 spiro atoms. The number of methoxy groups -OCH3 is 2. The fraction of sp³-hybridized carbons (Fsp3) is 0.739. The first-order valence-electron chi connectivity index (χ1n) is 10.5. The lowest BCUT2D eigenvalue weighted by atomic mass is 9.46. The van der Waals surface area contributed by atoms with Crippen LogP contribution >= 0.6 is 0 Å². The molecular weight excluding hydrogens is 388 g/mol. The molecule has 1 aromatic carbocycles. The Labute approximate surface area is 175 Å². The Morgan fingerprint density at radius 2 is 1.59 bits per heavy atom. The van der Waals surface area contributed by atoms with E-state index in [1.54, 1.807) is 18.2 Å². The Kier molecular flexibility index (Phi) is 5.76. The van der Waals surface area contributed by atoms with Gasteiger partial charge >= 0.3 is 0 Å². The Hall–Kier alpha value is -1.27. The lowest BCUT2D eigenvalue weighted by Gasteiger charge is -2.61. The second-order valence-electron chi connectivity index (χ2n) is 10.2. The molecule has 3 rings (SSSR count). The number of sulfone groups is 1. The minimum absolute atomic E-state index is 0.0700. The van der Waals surface area contributed by atoms with E-state index < -0.39 is 15.4 Å². The normalized spacial score (nSPS) is 34.3. The summed E-state index contributed by atoms with van der Waals surface area (Å²) < 4.78 is 37.5. The number of aliphatic hydroxyl groups is 1. The zero-order valence-electron chi connectivity index (χ0n) is 18.6. The van der Waals surface area contributed by atoms with Crippen LogP contribution in [-0.2, 0) is 9.84 Å². The van der Waals surface area contributed by atoms with Gasteiger partial charge in [-0.15, -0.1) is 0 Å². The molecule has 29 heavy (non-hydrogen) atoms. The molecule has 2 fully saturated rings. The summed E-state index contributed by atoms with van der Waals surface area (Å²) in [4.78, 5) is 0.185. The average molecular weight is 425 g/mol. The van der Waals surface area contributed by atoms with E-state index in [-0.39, 0.29) is 27.4 Å². The van der Waals surface area contributed by atoms with E-state index in [9.17, 15) is 13.5 Å². The summed E-state index contributed by atoms with van der Waals surface area (Å²) in [5.41, 5.74) is -1.06. The van der Waals surface area contributed by atoms with Crippen LogP contribution in [0.25, 0.3) is 0 Å². The third kappa shape index (κ3) is 4.02. The van der Waals surface area contributed by atoms with Crippen molar-refractivity contribution in [2.24, 2.45) is 22.7 Å². The van der Waals surface area contributed by atoms with Crippen LogP contribution in [0.4, 0.5) is 0 Å². The maximum absolute atomic E-state index is 13.5. The topological polar surface area (TPSA) is 72.8 Å². The minimum Gasteiger partial charge on any atom is -0.497 e. The van der Waals surface area contributed by atoms with Crippen LogP contribution in [0.15, 0.2) is 23.1 Å². The number of benzene rings is 1. The van der Waals surface area contributed by atoms with Gasteiger partial charge in [-0.3, -0.25) is 0 Å². The van der Waals surface area contributed by atoms with Crippen molar-refractivity contribution >= 4 is 9.84 Å². The molecule has 4 atom stereocenters. The van der Waals surface area contributed by atoms with Gasteiger partial charge in [-0.05, 0) is 61.5 Å². The van der Waals surface area contributed by atoms with E-state index >= 15 is 0 Å². The standard InChI is InChI=1S/C23H36O5S/c1-21(2)9-7-10-22(3)19(21)8-11-23(4,24)20(22)15-29(25,26)18-13-16(27-5)12-17(14-18)28-6/h12-14,19-20,24H,7-11,15H2,1-6H3/t19?,20-,22+,23-/m1/s1. The lowest BCUT2D eigenvalue weighted by Crippen LogP contribution is -2.59. The molecular formula is C23H36O5S. The van der Waals surface area contributed by atoms with Crippen molar-refractivity contribution < 1.29 is 23.0 Å². The molecule has 0 saturated heterocycles. The highest BCUT2D eigenvalue weighted by atomic mass is 32.2. The molecule has 1 aromatic rings. The van der Waals surface area contributed by atoms with Crippen molar-refractivity contribution in [3.8, 4) is 11.5 Å². The molecule has 0 aromatic heterocycles. The Bertz CT molecular complexity index is 836. The summed E-state index contributed by atoms with van der Waals surface area (Å²) in [5.74, 6) is 0.904. The van der Waals surface area contributed by atoms with Gasteiger partial charge in [-0.25, -0.2) is 8.42 Å². The molecule has 2 saturated carbocycles. The zero-order chi connectivity index (χ0) is 21.7. The maximum Gasteiger partial charge on any atom is 0.179 e. The fourth-order valence-corrected chi connectivity index (χ4v) is 8.23. The third-order valence-electron chi connectivity index (χ3n) is 7.83. The molecule has 0 bridgehead atoms. The quantitative estimate of drug-likeness (QED) is 0.755. The Morgan fingerprint density at radius 3 is 2.14 bits per heavy atom. The van der Waals surface area contributed by atoms with Gasteiger partial charge in [0.25, 0.3) is 0 Å². The van der Waals surface area contributed by atoms with E-state index in [0.717, 1.165) is 25.7 Å². The van der Waals surface area contributed by atoms with E-state index in [4.69, 9.17) is 9.47 Å². The smallest absolute Gasteiger partial charge is 0.179 e. The van der Waals surface area contributed by atoms with Crippen LogP contribution in [0.5, 0.6) is 11.5 Å². The molecule has 1 unspecified atom stereocenters. The highest BCUT2D eigenvalue weighted by Crippen LogP contribution is 2.62. The lowest BCUT2D eigenvalue weighted by molar-refractivity contribution is -0.158. The summed E-state index contributed by atoms with van der Waals surface area (Å²) in [5, 5.41) is 11.3. The minimum atomic E-state index is -3.64. The van der Waals surface area contributed by atoms with Crippen LogP contribution in [0.2, 0.25) is 0 Å². The number of fused-ring (bicyclic) bond motifs is 1. The summed E-state index contributed by atoms with van der Waals surface area (Å²) in [6.07, 6.45) is 4.76. The van der Waals surface area contributed by atoms with E-state index in [0.29, 0.717) is 23.8 Å². The first-order valence-corrected chi connectivity index (χ1v) is 12.2. The highest BCUT2D eigenvalue weighted by Gasteiger charge is 2.58. The van der Waals surface area contributed by atoms with Crippen LogP contribution in [0, 0.1) is 22.7 Å². The number of rotatable bonds is 5. The summed E-state index contributed by atoms with van der Waals surface area (Å²) in [6, 6.07) is 4.75. The third-order valence-corrected chi connectivity index (χ3v) is 9.56. The van der Waals surface area contributed by atoms with Gasteiger partial charge in [0.2, 0.25) is 0 Å². The molecule has 1 N–H and O–H groups in total. The number of hydrogen-bond donors (Lipinski definition) is 1. The van der Waals surface area contributed by atoms with Crippen molar-refractivity contribution in [3.05, 3.63) is 18.2 Å². The largest absolute Gasteiger partial charge is 0.497 e. The van der Waals surface area contributed by atoms with Gasteiger partial charge in [0.15, 0.2) is 9.84 Å². The van der Waals surface area contributed by atoms with Crippen LogP contribution in [-0.4, -0.2) is 39.1 Å². The molecule has 2 aliphatic carbocycles. The Balaban J connectivity index is 2.02. The predicted octanol–water partition coefficient (Wildman–Crippen LogP) is 4.47. The maximum atomic E-state index is 13.5. The number of ether oxygens (including phenoxy) is 2.